The van der Waals surface area contributed by atoms with E-state index in [4.69, 9.17) is 4.74 Å². The second kappa shape index (κ2) is 7.77. The van der Waals surface area contributed by atoms with E-state index in [1.165, 1.54) is 5.56 Å². The fourth-order valence-electron chi connectivity index (χ4n) is 2.57. The molecule has 0 aliphatic carbocycles. The molecular formula is C18H20BrN3O2. The van der Waals surface area contributed by atoms with E-state index >= 15 is 0 Å². The summed E-state index contributed by atoms with van der Waals surface area (Å²) in [5.41, 5.74) is 3.33. The first-order valence-corrected chi connectivity index (χ1v) is 8.80. The average molecular weight is 390 g/mol. The number of carbonyl (C=O) groups excluding carboxylic acids is 1. The monoisotopic (exact) mass is 389 g/mol. The van der Waals surface area contributed by atoms with Crippen LogP contribution in [-0.4, -0.2) is 30.1 Å². The zero-order chi connectivity index (χ0) is 16.9. The Morgan fingerprint density at radius 2 is 2.17 bits per heavy atom. The van der Waals surface area contributed by atoms with Gasteiger partial charge < -0.3 is 15.4 Å². The number of amides is 1. The summed E-state index contributed by atoms with van der Waals surface area (Å²) in [6.45, 7) is 3.35. The minimum atomic E-state index is -0.181. The van der Waals surface area contributed by atoms with E-state index < -0.39 is 0 Å². The lowest BCUT2D eigenvalue weighted by atomic mass is 10.2. The van der Waals surface area contributed by atoms with Crippen LogP contribution in [0.5, 0.6) is 0 Å². The van der Waals surface area contributed by atoms with Gasteiger partial charge in [0.1, 0.15) is 5.69 Å². The predicted octanol–water partition coefficient (Wildman–Crippen LogP) is 3.80. The predicted molar refractivity (Wildman–Crippen MR) is 97.7 cm³/mol. The largest absolute Gasteiger partial charge is 0.376 e. The zero-order valence-corrected chi connectivity index (χ0v) is 15.1. The molecule has 1 aromatic heterocycles. The molecule has 1 aromatic carbocycles. The van der Waals surface area contributed by atoms with Crippen LogP contribution in [0.4, 0.5) is 11.4 Å². The van der Waals surface area contributed by atoms with Crippen molar-refractivity contribution in [2.24, 2.45) is 0 Å². The van der Waals surface area contributed by atoms with E-state index in [-0.39, 0.29) is 12.0 Å². The third kappa shape index (κ3) is 4.33. The first-order chi connectivity index (χ1) is 11.6. The molecule has 0 bridgehead atoms. The van der Waals surface area contributed by atoms with E-state index in [0.717, 1.165) is 35.3 Å². The van der Waals surface area contributed by atoms with Crippen LogP contribution in [0, 0.1) is 6.92 Å². The van der Waals surface area contributed by atoms with E-state index in [9.17, 15) is 4.79 Å². The molecule has 6 heteroatoms. The van der Waals surface area contributed by atoms with Crippen LogP contribution >= 0.6 is 15.9 Å². The molecule has 5 nitrogen and oxygen atoms in total. The van der Waals surface area contributed by atoms with Gasteiger partial charge in [-0.05, 0) is 49.6 Å². The standard InChI is InChI=1S/C18H20BrN3O2/c1-12-4-5-13(9-16(12)19)22-14-6-7-20-17(10-14)18(23)21-11-15-3-2-8-24-15/h4-7,9-10,15H,2-3,8,11H2,1H3,(H,20,22)(H,21,23). The summed E-state index contributed by atoms with van der Waals surface area (Å²) >= 11 is 3.52. The van der Waals surface area contributed by atoms with Gasteiger partial charge in [0.05, 0.1) is 6.10 Å². The Hall–Kier alpha value is -1.92. The van der Waals surface area contributed by atoms with Gasteiger partial charge in [-0.15, -0.1) is 0 Å². The first-order valence-electron chi connectivity index (χ1n) is 8.01. The molecule has 1 aliphatic rings. The number of pyridine rings is 1. The Bertz CT molecular complexity index is 730. The topological polar surface area (TPSA) is 63.2 Å². The highest BCUT2D eigenvalue weighted by atomic mass is 79.9. The number of hydrogen-bond donors (Lipinski definition) is 2. The highest BCUT2D eigenvalue weighted by molar-refractivity contribution is 9.10. The molecule has 126 valence electrons. The molecule has 0 radical (unpaired) electrons. The van der Waals surface area contributed by atoms with Crippen LogP contribution < -0.4 is 10.6 Å². The smallest absolute Gasteiger partial charge is 0.270 e. The number of carbonyl (C=O) groups is 1. The van der Waals surface area contributed by atoms with Gasteiger partial charge in [0.2, 0.25) is 0 Å². The van der Waals surface area contributed by atoms with Crippen LogP contribution in [0.2, 0.25) is 0 Å². The highest BCUT2D eigenvalue weighted by Gasteiger charge is 2.17. The molecule has 1 amide bonds. The number of halogens is 1. The summed E-state index contributed by atoms with van der Waals surface area (Å²) in [4.78, 5) is 16.4. The first kappa shape index (κ1) is 16.9. The summed E-state index contributed by atoms with van der Waals surface area (Å²) in [5, 5.41) is 6.18. The van der Waals surface area contributed by atoms with Crippen molar-refractivity contribution in [1.82, 2.24) is 10.3 Å². The maximum Gasteiger partial charge on any atom is 0.270 e. The number of aromatic nitrogens is 1. The maximum absolute atomic E-state index is 12.2. The van der Waals surface area contributed by atoms with Gasteiger partial charge in [-0.3, -0.25) is 9.78 Å². The molecule has 2 N–H and O–H groups in total. The summed E-state index contributed by atoms with van der Waals surface area (Å²) in [6.07, 6.45) is 3.81. The zero-order valence-electron chi connectivity index (χ0n) is 13.5. The Morgan fingerprint density at radius 3 is 2.92 bits per heavy atom. The molecule has 1 unspecified atom stereocenters. The lowest BCUT2D eigenvalue weighted by Gasteiger charge is -2.12. The van der Waals surface area contributed by atoms with Crippen molar-refractivity contribution in [3.8, 4) is 0 Å². The minimum absolute atomic E-state index is 0.125. The van der Waals surface area contributed by atoms with Crippen LogP contribution in [0.25, 0.3) is 0 Å². The quantitative estimate of drug-likeness (QED) is 0.815. The lowest BCUT2D eigenvalue weighted by molar-refractivity contribution is 0.0854. The van der Waals surface area contributed by atoms with Gasteiger partial charge in [-0.1, -0.05) is 22.0 Å². The van der Waals surface area contributed by atoms with Crippen molar-refractivity contribution in [2.75, 3.05) is 18.5 Å². The van der Waals surface area contributed by atoms with Crippen molar-refractivity contribution >= 4 is 33.2 Å². The normalized spacial score (nSPS) is 16.8. The molecule has 1 atom stereocenters. The second-order valence-electron chi connectivity index (χ2n) is 5.86. The fraction of sp³-hybridized carbons (Fsp3) is 0.333. The van der Waals surface area contributed by atoms with Gasteiger partial charge in [0.15, 0.2) is 0 Å². The van der Waals surface area contributed by atoms with Gasteiger partial charge in [0.25, 0.3) is 5.91 Å². The van der Waals surface area contributed by atoms with Gasteiger partial charge in [0, 0.05) is 35.2 Å². The van der Waals surface area contributed by atoms with Crippen molar-refractivity contribution < 1.29 is 9.53 Å². The number of rotatable bonds is 5. The van der Waals surface area contributed by atoms with Gasteiger partial charge >= 0.3 is 0 Å². The van der Waals surface area contributed by atoms with Crippen molar-refractivity contribution in [2.45, 2.75) is 25.9 Å². The minimum Gasteiger partial charge on any atom is -0.376 e. The molecule has 3 rings (SSSR count). The Morgan fingerprint density at radius 1 is 1.33 bits per heavy atom. The number of nitrogens with zero attached hydrogens (tertiary/aromatic N) is 1. The molecule has 1 saturated heterocycles. The summed E-state index contributed by atoms with van der Waals surface area (Å²) in [5.74, 6) is -0.181. The van der Waals surface area contributed by atoms with Crippen LogP contribution in [0.15, 0.2) is 41.0 Å². The molecule has 1 fully saturated rings. The summed E-state index contributed by atoms with van der Waals surface area (Å²) in [6, 6.07) is 9.62. The SMILES string of the molecule is Cc1ccc(Nc2ccnc(C(=O)NCC3CCCO3)c2)cc1Br. The third-order valence-corrected chi connectivity index (χ3v) is 4.82. The number of hydrogen-bond acceptors (Lipinski definition) is 4. The third-order valence-electron chi connectivity index (χ3n) is 3.97. The van der Waals surface area contributed by atoms with Crippen molar-refractivity contribution in [3.63, 3.8) is 0 Å². The Labute approximate surface area is 149 Å². The number of anilines is 2. The number of benzene rings is 1. The molecule has 0 saturated carbocycles. The fourth-order valence-corrected chi connectivity index (χ4v) is 2.95. The maximum atomic E-state index is 12.2. The number of nitrogens with one attached hydrogen (secondary N) is 2. The number of ether oxygens (including phenoxy) is 1. The summed E-state index contributed by atoms with van der Waals surface area (Å²) < 4.78 is 6.55. The van der Waals surface area contributed by atoms with Crippen LogP contribution in [-0.2, 0) is 4.74 Å². The Balaban J connectivity index is 1.64. The van der Waals surface area contributed by atoms with E-state index in [2.05, 4.69) is 31.5 Å². The van der Waals surface area contributed by atoms with E-state index in [1.54, 1.807) is 12.3 Å². The van der Waals surface area contributed by atoms with E-state index in [1.807, 2.05) is 31.2 Å². The van der Waals surface area contributed by atoms with E-state index in [0.29, 0.717) is 12.2 Å². The number of aryl methyl sites for hydroxylation is 1. The van der Waals surface area contributed by atoms with Crippen LogP contribution in [0.3, 0.4) is 0 Å². The van der Waals surface area contributed by atoms with Crippen LogP contribution in [0.1, 0.15) is 28.9 Å². The second-order valence-corrected chi connectivity index (χ2v) is 6.72. The highest BCUT2D eigenvalue weighted by Crippen LogP contribution is 2.23. The molecule has 24 heavy (non-hydrogen) atoms. The van der Waals surface area contributed by atoms with Crippen molar-refractivity contribution in [3.05, 3.63) is 52.3 Å². The lowest BCUT2D eigenvalue weighted by Crippen LogP contribution is -2.32. The molecule has 2 aromatic rings. The molecule has 0 spiro atoms. The molecule has 2 heterocycles. The van der Waals surface area contributed by atoms with Gasteiger partial charge in [-0.25, -0.2) is 0 Å². The van der Waals surface area contributed by atoms with Gasteiger partial charge in [-0.2, -0.15) is 0 Å². The Kier molecular flexibility index (Phi) is 5.48. The van der Waals surface area contributed by atoms with Crippen molar-refractivity contribution in [1.29, 1.82) is 0 Å². The summed E-state index contributed by atoms with van der Waals surface area (Å²) in [7, 11) is 0. The molecular weight excluding hydrogens is 370 g/mol. The average Bonchev–Trinajstić information content (AvgIpc) is 3.10. The molecule has 1 aliphatic heterocycles.